The Labute approximate surface area is 181 Å². The van der Waals surface area contributed by atoms with Crippen molar-refractivity contribution < 1.29 is 23.8 Å². The van der Waals surface area contributed by atoms with Gasteiger partial charge in [-0.25, -0.2) is 4.39 Å². The second-order valence-corrected chi connectivity index (χ2v) is 6.55. The van der Waals surface area contributed by atoms with Crippen LogP contribution in [-0.4, -0.2) is 15.8 Å². The minimum atomic E-state index is -0.746. The summed E-state index contributed by atoms with van der Waals surface area (Å²) in [4.78, 5) is 32.5. The number of ether oxygens (including phenoxy) is 1. The molecule has 3 aromatic carbocycles. The summed E-state index contributed by atoms with van der Waals surface area (Å²) in [5, 5.41) is 24.7. The van der Waals surface area contributed by atoms with Crippen molar-refractivity contribution in [3.8, 4) is 11.5 Å². The maximum absolute atomic E-state index is 12.9. The van der Waals surface area contributed by atoms with Gasteiger partial charge in [-0.2, -0.15) is 0 Å². The molecule has 162 valence electrons. The fourth-order valence-electron chi connectivity index (χ4n) is 2.68. The number of hydrogen-bond acceptors (Lipinski definition) is 6. The predicted octanol–water partition coefficient (Wildman–Crippen LogP) is 4.76. The van der Waals surface area contributed by atoms with E-state index in [1.165, 1.54) is 24.3 Å². The minimum Gasteiger partial charge on any atom is -0.457 e. The highest BCUT2D eigenvalue weighted by Gasteiger charge is 2.17. The topological polar surface area (TPSA) is 125 Å². The first-order valence-corrected chi connectivity index (χ1v) is 9.22. The molecular formula is C22H16FN3O6. The fraction of sp³-hybridized carbons (Fsp3) is 0.0455. The molecule has 0 saturated carbocycles. The standard InChI is InChI=1S/C22H16FN3O6/c23-17-7-4-16(5-8-17)14-24-22(27)9-6-15-2-1-3-20(10-15)32-21-12-18(25(28)29)11-19(13-21)26(30)31/h1-13H,14H2,(H,24,27)/b9-6-. The molecule has 0 fully saturated rings. The molecule has 1 amide bonds. The summed E-state index contributed by atoms with van der Waals surface area (Å²) < 4.78 is 18.5. The zero-order valence-corrected chi connectivity index (χ0v) is 16.4. The molecule has 10 heteroatoms. The van der Waals surface area contributed by atoms with Gasteiger partial charge in [0, 0.05) is 12.6 Å². The number of non-ortho nitro benzene ring substituents is 2. The molecule has 0 heterocycles. The molecule has 1 N–H and O–H groups in total. The van der Waals surface area contributed by atoms with Crippen molar-refractivity contribution >= 4 is 23.4 Å². The van der Waals surface area contributed by atoms with Gasteiger partial charge in [0.25, 0.3) is 11.4 Å². The van der Waals surface area contributed by atoms with Crippen molar-refractivity contribution in [2.24, 2.45) is 0 Å². The number of nitro groups is 2. The van der Waals surface area contributed by atoms with Crippen molar-refractivity contribution in [1.82, 2.24) is 5.32 Å². The molecule has 0 aliphatic rings. The van der Waals surface area contributed by atoms with Gasteiger partial charge in [0.2, 0.25) is 5.91 Å². The second kappa shape index (κ2) is 9.94. The molecule has 9 nitrogen and oxygen atoms in total. The summed E-state index contributed by atoms with van der Waals surface area (Å²) in [6.07, 6.45) is 2.84. The first-order chi connectivity index (χ1) is 15.3. The van der Waals surface area contributed by atoms with Crippen LogP contribution in [0.25, 0.3) is 6.08 Å². The number of nitrogens with one attached hydrogen (secondary N) is 1. The van der Waals surface area contributed by atoms with Gasteiger partial charge < -0.3 is 10.1 Å². The third-order valence-electron chi connectivity index (χ3n) is 4.20. The highest BCUT2D eigenvalue weighted by Crippen LogP contribution is 2.31. The lowest BCUT2D eigenvalue weighted by atomic mass is 10.2. The Bertz CT molecular complexity index is 1160. The van der Waals surface area contributed by atoms with E-state index in [2.05, 4.69) is 5.32 Å². The summed E-state index contributed by atoms with van der Waals surface area (Å²) in [5.74, 6) is -0.519. The van der Waals surface area contributed by atoms with E-state index >= 15 is 0 Å². The van der Waals surface area contributed by atoms with E-state index in [9.17, 15) is 29.4 Å². The van der Waals surface area contributed by atoms with Crippen molar-refractivity contribution in [2.75, 3.05) is 0 Å². The van der Waals surface area contributed by atoms with Crippen LogP contribution in [0.1, 0.15) is 11.1 Å². The molecule has 3 aromatic rings. The molecule has 0 aromatic heterocycles. The summed E-state index contributed by atoms with van der Waals surface area (Å²) in [6, 6.07) is 15.2. The number of carbonyl (C=O) groups is 1. The Morgan fingerprint density at radius 2 is 1.59 bits per heavy atom. The van der Waals surface area contributed by atoms with Crippen molar-refractivity contribution in [3.05, 3.63) is 110 Å². The van der Waals surface area contributed by atoms with E-state index < -0.39 is 21.2 Å². The normalized spacial score (nSPS) is 10.7. The van der Waals surface area contributed by atoms with Crippen LogP contribution in [0.3, 0.4) is 0 Å². The van der Waals surface area contributed by atoms with Crippen LogP contribution in [0.15, 0.2) is 72.8 Å². The second-order valence-electron chi connectivity index (χ2n) is 6.55. The van der Waals surface area contributed by atoms with Gasteiger partial charge in [-0.15, -0.1) is 0 Å². The van der Waals surface area contributed by atoms with Crippen LogP contribution in [0.2, 0.25) is 0 Å². The molecule has 0 saturated heterocycles. The van der Waals surface area contributed by atoms with E-state index in [0.29, 0.717) is 5.56 Å². The average molecular weight is 437 g/mol. The number of nitro benzene ring substituents is 2. The van der Waals surface area contributed by atoms with Gasteiger partial charge in [-0.3, -0.25) is 25.0 Å². The van der Waals surface area contributed by atoms with E-state index in [1.54, 1.807) is 36.4 Å². The lowest BCUT2D eigenvalue weighted by Crippen LogP contribution is -2.20. The highest BCUT2D eigenvalue weighted by atomic mass is 19.1. The fourth-order valence-corrected chi connectivity index (χ4v) is 2.68. The van der Waals surface area contributed by atoms with Crippen LogP contribution < -0.4 is 10.1 Å². The number of benzene rings is 3. The number of carbonyl (C=O) groups excluding carboxylic acids is 1. The Morgan fingerprint density at radius 3 is 2.22 bits per heavy atom. The average Bonchev–Trinajstić information content (AvgIpc) is 2.77. The molecule has 0 radical (unpaired) electrons. The monoisotopic (exact) mass is 437 g/mol. The third kappa shape index (κ3) is 6.20. The minimum absolute atomic E-state index is 0.0657. The van der Waals surface area contributed by atoms with Crippen molar-refractivity contribution in [3.63, 3.8) is 0 Å². The van der Waals surface area contributed by atoms with Gasteiger partial charge in [0.15, 0.2) is 0 Å². The van der Waals surface area contributed by atoms with Gasteiger partial charge in [0.05, 0.1) is 28.0 Å². The van der Waals surface area contributed by atoms with Crippen LogP contribution in [-0.2, 0) is 11.3 Å². The Kier molecular flexibility index (Phi) is 6.86. The van der Waals surface area contributed by atoms with Crippen LogP contribution in [0, 0.1) is 26.0 Å². The molecule has 0 aliphatic carbocycles. The third-order valence-corrected chi connectivity index (χ3v) is 4.20. The van der Waals surface area contributed by atoms with E-state index in [4.69, 9.17) is 4.74 Å². The van der Waals surface area contributed by atoms with Crippen molar-refractivity contribution in [1.29, 1.82) is 0 Å². The molecule has 0 spiro atoms. The highest BCUT2D eigenvalue weighted by molar-refractivity contribution is 5.91. The van der Waals surface area contributed by atoms with Gasteiger partial charge >= 0.3 is 0 Å². The SMILES string of the molecule is O=C(/C=C\c1cccc(Oc2cc([N+](=O)[O-])cc([N+](=O)[O-])c2)c1)NCc1ccc(F)cc1. The first kappa shape index (κ1) is 22.1. The zero-order chi connectivity index (χ0) is 23.1. The number of amides is 1. The summed E-state index contributed by atoms with van der Waals surface area (Å²) >= 11 is 0. The van der Waals surface area contributed by atoms with Gasteiger partial charge in [-0.05, 0) is 41.5 Å². The number of hydrogen-bond donors (Lipinski definition) is 1. The molecule has 0 aliphatic heterocycles. The van der Waals surface area contributed by atoms with E-state index in [0.717, 1.165) is 23.8 Å². The predicted molar refractivity (Wildman–Crippen MR) is 114 cm³/mol. The van der Waals surface area contributed by atoms with Crippen molar-refractivity contribution in [2.45, 2.75) is 6.54 Å². The Morgan fingerprint density at radius 1 is 0.938 bits per heavy atom. The number of nitrogens with zero attached hydrogens (tertiary/aromatic N) is 2. The maximum Gasteiger partial charge on any atom is 0.280 e. The van der Waals surface area contributed by atoms with E-state index in [1.807, 2.05) is 0 Å². The molecule has 0 unspecified atom stereocenters. The number of halogens is 1. The lowest BCUT2D eigenvalue weighted by molar-refractivity contribution is -0.394. The van der Waals surface area contributed by atoms with Crippen LogP contribution in [0.4, 0.5) is 15.8 Å². The largest absolute Gasteiger partial charge is 0.457 e. The Balaban J connectivity index is 1.67. The smallest absolute Gasteiger partial charge is 0.280 e. The van der Waals surface area contributed by atoms with Gasteiger partial charge in [0.1, 0.15) is 17.3 Å². The number of rotatable bonds is 8. The summed E-state index contributed by atoms with van der Waals surface area (Å²) in [7, 11) is 0. The molecular weight excluding hydrogens is 421 g/mol. The molecule has 0 atom stereocenters. The molecule has 32 heavy (non-hydrogen) atoms. The molecule has 3 rings (SSSR count). The first-order valence-electron chi connectivity index (χ1n) is 9.22. The van der Waals surface area contributed by atoms with Crippen LogP contribution in [0.5, 0.6) is 11.5 Å². The zero-order valence-electron chi connectivity index (χ0n) is 16.4. The maximum atomic E-state index is 12.9. The van der Waals surface area contributed by atoms with Crippen LogP contribution >= 0.6 is 0 Å². The summed E-state index contributed by atoms with van der Waals surface area (Å²) in [6.45, 7) is 0.234. The lowest BCUT2D eigenvalue weighted by Gasteiger charge is -2.07. The summed E-state index contributed by atoms with van der Waals surface area (Å²) in [5.41, 5.74) is 0.403. The quantitative estimate of drug-likeness (QED) is 0.308. The van der Waals surface area contributed by atoms with Gasteiger partial charge in [-0.1, -0.05) is 24.3 Å². The van der Waals surface area contributed by atoms with E-state index in [-0.39, 0.29) is 29.8 Å². The molecule has 0 bridgehead atoms. The Hall–Kier alpha value is -4.60.